The molecule has 0 saturated heterocycles. The van der Waals surface area contributed by atoms with Crippen LogP contribution in [0.4, 0.5) is 0 Å². The maximum Gasteiger partial charge on any atom is 0.271 e. The Hall–Kier alpha value is -1.63. The lowest BCUT2D eigenvalue weighted by molar-refractivity contribution is 0.0935. The van der Waals surface area contributed by atoms with Crippen LogP contribution in [-0.2, 0) is 6.54 Å². The van der Waals surface area contributed by atoms with E-state index in [2.05, 4.69) is 24.1 Å². The predicted molar refractivity (Wildman–Crippen MR) is 99.9 cm³/mol. The summed E-state index contributed by atoms with van der Waals surface area (Å²) < 4.78 is 5.66. The lowest BCUT2D eigenvalue weighted by atomic mass is 10.1. The van der Waals surface area contributed by atoms with Gasteiger partial charge in [-0.05, 0) is 30.5 Å². The summed E-state index contributed by atoms with van der Waals surface area (Å²) in [7, 11) is 0. The molecule has 1 atom stereocenters. The Balaban J connectivity index is 0.00000288. The van der Waals surface area contributed by atoms with Gasteiger partial charge in [0.2, 0.25) is 0 Å². The Labute approximate surface area is 153 Å². The minimum Gasteiger partial charge on any atom is -0.493 e. The molecular weight excluding hydrogens is 346 g/mol. The Morgan fingerprint density at radius 1 is 1.29 bits per heavy atom. The van der Waals surface area contributed by atoms with Crippen molar-refractivity contribution in [1.29, 1.82) is 0 Å². The number of ether oxygens (including phenoxy) is 1. The van der Waals surface area contributed by atoms with Crippen molar-refractivity contribution in [1.82, 2.24) is 10.3 Å². The molecule has 24 heavy (non-hydrogen) atoms. The Bertz CT molecular complexity index is 644. The third kappa shape index (κ3) is 5.78. The average Bonchev–Trinajstić information content (AvgIpc) is 3.02. The van der Waals surface area contributed by atoms with Crippen molar-refractivity contribution in [3.8, 4) is 5.75 Å². The number of nitrogens with two attached hydrogens (primary N) is 1. The number of hydrogen-bond acceptors (Lipinski definition) is 5. The van der Waals surface area contributed by atoms with E-state index in [9.17, 15) is 4.79 Å². The fraction of sp³-hybridized carbons (Fsp3) is 0.412. The fourth-order valence-corrected chi connectivity index (χ4v) is 2.63. The van der Waals surface area contributed by atoms with Crippen molar-refractivity contribution >= 4 is 29.7 Å². The van der Waals surface area contributed by atoms with Gasteiger partial charge < -0.3 is 15.8 Å². The van der Waals surface area contributed by atoms with Crippen LogP contribution >= 0.6 is 23.7 Å². The highest BCUT2D eigenvalue weighted by Crippen LogP contribution is 2.19. The second-order valence-electron chi connectivity index (χ2n) is 5.80. The predicted octanol–water partition coefficient (Wildman–Crippen LogP) is 3.55. The van der Waals surface area contributed by atoms with Crippen molar-refractivity contribution in [2.75, 3.05) is 6.61 Å². The zero-order chi connectivity index (χ0) is 16.8. The standard InChI is InChI=1S/C17H23N3O2S.ClH/c1-11(2)9-22-14-6-4-13(5-7-14)12(3)19-17(21)15-10-23-16(8-18)20-15;/h4-7,10-12H,8-9,18H2,1-3H3,(H,19,21);1H. The number of halogens is 1. The number of thiazole rings is 1. The molecule has 1 aromatic heterocycles. The largest absolute Gasteiger partial charge is 0.493 e. The van der Waals surface area contributed by atoms with E-state index in [-0.39, 0.29) is 24.4 Å². The summed E-state index contributed by atoms with van der Waals surface area (Å²) >= 11 is 1.40. The van der Waals surface area contributed by atoms with E-state index >= 15 is 0 Å². The topological polar surface area (TPSA) is 77.2 Å². The smallest absolute Gasteiger partial charge is 0.271 e. The fourth-order valence-electron chi connectivity index (χ4n) is 1.98. The van der Waals surface area contributed by atoms with Gasteiger partial charge in [0, 0.05) is 11.9 Å². The molecule has 1 aromatic carbocycles. The molecule has 2 aromatic rings. The number of aromatic nitrogens is 1. The molecule has 3 N–H and O–H groups in total. The molecule has 0 saturated carbocycles. The minimum atomic E-state index is -0.186. The quantitative estimate of drug-likeness (QED) is 0.782. The Morgan fingerprint density at radius 2 is 1.96 bits per heavy atom. The summed E-state index contributed by atoms with van der Waals surface area (Å²) in [5.41, 5.74) is 6.95. The van der Waals surface area contributed by atoms with Crippen molar-refractivity contribution in [3.63, 3.8) is 0 Å². The number of rotatable bonds is 7. The van der Waals surface area contributed by atoms with Gasteiger partial charge in [0.25, 0.3) is 5.91 Å². The monoisotopic (exact) mass is 369 g/mol. The maximum atomic E-state index is 12.2. The number of amides is 1. The summed E-state index contributed by atoms with van der Waals surface area (Å²) in [6.45, 7) is 7.21. The summed E-state index contributed by atoms with van der Waals surface area (Å²) in [5, 5.41) is 5.43. The van der Waals surface area contributed by atoms with E-state index in [4.69, 9.17) is 10.5 Å². The lowest BCUT2D eigenvalue weighted by Crippen LogP contribution is -2.27. The molecular formula is C17H24ClN3O2S. The number of carbonyl (C=O) groups excluding carboxylic acids is 1. The van der Waals surface area contributed by atoms with E-state index in [1.807, 2.05) is 31.2 Å². The molecule has 132 valence electrons. The van der Waals surface area contributed by atoms with E-state index < -0.39 is 0 Å². The van der Waals surface area contributed by atoms with Crippen LogP contribution in [0, 0.1) is 5.92 Å². The van der Waals surface area contributed by atoms with Crippen LogP contribution in [0.25, 0.3) is 0 Å². The van der Waals surface area contributed by atoms with Gasteiger partial charge in [-0.1, -0.05) is 26.0 Å². The van der Waals surface area contributed by atoms with Crippen LogP contribution < -0.4 is 15.8 Å². The highest BCUT2D eigenvalue weighted by Gasteiger charge is 2.14. The average molecular weight is 370 g/mol. The number of hydrogen-bond donors (Lipinski definition) is 2. The van der Waals surface area contributed by atoms with Crippen molar-refractivity contribution in [2.24, 2.45) is 11.7 Å². The third-order valence-corrected chi connectivity index (χ3v) is 4.14. The third-order valence-electron chi connectivity index (χ3n) is 3.27. The van der Waals surface area contributed by atoms with Crippen LogP contribution in [-0.4, -0.2) is 17.5 Å². The van der Waals surface area contributed by atoms with E-state index in [1.54, 1.807) is 5.38 Å². The van der Waals surface area contributed by atoms with Crippen LogP contribution in [0.5, 0.6) is 5.75 Å². The van der Waals surface area contributed by atoms with E-state index in [1.165, 1.54) is 11.3 Å². The number of nitrogens with zero attached hydrogens (tertiary/aromatic N) is 1. The molecule has 0 aliphatic carbocycles. The zero-order valence-corrected chi connectivity index (χ0v) is 15.7. The Morgan fingerprint density at radius 3 is 2.50 bits per heavy atom. The summed E-state index contributed by atoms with van der Waals surface area (Å²) in [6, 6.07) is 7.68. The van der Waals surface area contributed by atoms with Gasteiger partial charge in [-0.15, -0.1) is 23.7 Å². The second-order valence-corrected chi connectivity index (χ2v) is 6.74. The molecule has 7 heteroatoms. The van der Waals surface area contributed by atoms with Crippen molar-refractivity contribution in [3.05, 3.63) is 45.9 Å². The van der Waals surface area contributed by atoms with Gasteiger partial charge in [-0.2, -0.15) is 0 Å². The number of carbonyl (C=O) groups is 1. The molecule has 0 bridgehead atoms. The van der Waals surface area contributed by atoms with Gasteiger partial charge >= 0.3 is 0 Å². The maximum absolute atomic E-state index is 12.2. The van der Waals surface area contributed by atoms with E-state index in [0.29, 0.717) is 24.8 Å². The summed E-state index contributed by atoms with van der Waals surface area (Å²) in [5.74, 6) is 1.14. The van der Waals surface area contributed by atoms with Crippen molar-refractivity contribution in [2.45, 2.75) is 33.4 Å². The molecule has 2 rings (SSSR count). The van der Waals surface area contributed by atoms with Crippen LogP contribution in [0.15, 0.2) is 29.6 Å². The molecule has 0 spiro atoms. The molecule has 0 aliphatic rings. The second kappa shape index (κ2) is 9.61. The van der Waals surface area contributed by atoms with Gasteiger partial charge in [0.15, 0.2) is 0 Å². The highest BCUT2D eigenvalue weighted by molar-refractivity contribution is 7.09. The minimum absolute atomic E-state index is 0. The zero-order valence-electron chi connectivity index (χ0n) is 14.1. The van der Waals surface area contributed by atoms with Gasteiger partial charge in [0.1, 0.15) is 16.5 Å². The van der Waals surface area contributed by atoms with Crippen molar-refractivity contribution < 1.29 is 9.53 Å². The van der Waals surface area contributed by atoms with Gasteiger partial charge in [-0.25, -0.2) is 4.98 Å². The van der Waals surface area contributed by atoms with Gasteiger partial charge in [-0.3, -0.25) is 4.79 Å². The lowest BCUT2D eigenvalue weighted by Gasteiger charge is -2.14. The molecule has 1 amide bonds. The number of benzene rings is 1. The summed E-state index contributed by atoms with van der Waals surface area (Å²) in [6.07, 6.45) is 0. The molecule has 0 radical (unpaired) electrons. The first-order valence-electron chi connectivity index (χ1n) is 7.67. The first-order valence-corrected chi connectivity index (χ1v) is 8.55. The first kappa shape index (κ1) is 20.4. The molecule has 5 nitrogen and oxygen atoms in total. The normalized spacial score (nSPS) is 11.7. The van der Waals surface area contributed by atoms with Crippen LogP contribution in [0.2, 0.25) is 0 Å². The SMILES string of the molecule is CC(C)COc1ccc(C(C)NC(=O)c2csc(CN)n2)cc1.Cl. The van der Waals surface area contributed by atoms with Crippen LogP contribution in [0.1, 0.15) is 47.9 Å². The highest BCUT2D eigenvalue weighted by atomic mass is 35.5. The van der Waals surface area contributed by atoms with Gasteiger partial charge in [0.05, 0.1) is 12.6 Å². The summed E-state index contributed by atoms with van der Waals surface area (Å²) in [4.78, 5) is 16.4. The van der Waals surface area contributed by atoms with E-state index in [0.717, 1.165) is 16.3 Å². The molecule has 1 unspecified atom stereocenters. The first-order chi connectivity index (χ1) is 11.0. The molecule has 0 fully saturated rings. The van der Waals surface area contributed by atoms with Crippen LogP contribution in [0.3, 0.4) is 0 Å². The molecule has 1 heterocycles. The Kier molecular flexibility index (Phi) is 8.18. The molecule has 0 aliphatic heterocycles. The number of nitrogens with one attached hydrogen (secondary N) is 1.